The maximum atomic E-state index is 14.0. The van der Waals surface area contributed by atoms with Gasteiger partial charge in [-0.2, -0.15) is 5.10 Å². The quantitative estimate of drug-likeness (QED) is 0.777. The van der Waals surface area contributed by atoms with E-state index in [0.717, 1.165) is 17.7 Å². The van der Waals surface area contributed by atoms with E-state index >= 15 is 0 Å². The average molecular weight is 348 g/mol. The number of hydrogen-bond acceptors (Lipinski definition) is 3. The number of aromatic nitrogens is 3. The first-order valence-corrected chi connectivity index (χ1v) is 7.37. The van der Waals surface area contributed by atoms with Crippen LogP contribution in [0.4, 0.5) is 8.78 Å². The van der Waals surface area contributed by atoms with Crippen LogP contribution in [0, 0.1) is 11.6 Å². The molecule has 0 saturated carbocycles. The first-order valence-electron chi connectivity index (χ1n) is 7.00. The molecule has 3 aromatic rings. The summed E-state index contributed by atoms with van der Waals surface area (Å²) in [5, 5.41) is 15.1. The number of rotatable bonds is 4. The topological polar surface area (TPSA) is 50.9 Å². The molecule has 0 bridgehead atoms. The Hall–Kier alpha value is -2.57. The predicted octanol–water partition coefficient (Wildman–Crippen LogP) is 3.94. The first-order chi connectivity index (χ1) is 11.5. The van der Waals surface area contributed by atoms with Gasteiger partial charge in [-0.25, -0.2) is 18.4 Å². The summed E-state index contributed by atoms with van der Waals surface area (Å²) in [4.78, 5) is 3.84. The lowest BCUT2D eigenvalue weighted by Gasteiger charge is -2.16. The molecule has 1 atom stereocenters. The van der Waals surface area contributed by atoms with Gasteiger partial charge in [0.2, 0.25) is 0 Å². The maximum Gasteiger partial charge on any atom is 0.138 e. The van der Waals surface area contributed by atoms with E-state index in [4.69, 9.17) is 11.6 Å². The normalized spacial score (nSPS) is 13.1. The summed E-state index contributed by atoms with van der Waals surface area (Å²) in [6, 6.07) is 9.87. The van der Waals surface area contributed by atoms with Gasteiger partial charge in [0.05, 0.1) is 5.70 Å². The molecule has 2 aromatic carbocycles. The van der Waals surface area contributed by atoms with E-state index in [9.17, 15) is 13.9 Å². The highest BCUT2D eigenvalue weighted by Crippen LogP contribution is 2.29. The van der Waals surface area contributed by atoms with Gasteiger partial charge in [0.15, 0.2) is 0 Å². The van der Waals surface area contributed by atoms with Gasteiger partial charge in [0.1, 0.15) is 30.4 Å². The second kappa shape index (κ2) is 6.90. The van der Waals surface area contributed by atoms with Gasteiger partial charge in [-0.1, -0.05) is 29.8 Å². The minimum absolute atomic E-state index is 0.0629. The van der Waals surface area contributed by atoms with E-state index in [-0.39, 0.29) is 11.3 Å². The van der Waals surface area contributed by atoms with Gasteiger partial charge in [-0.3, -0.25) is 0 Å². The van der Waals surface area contributed by atoms with Crippen molar-refractivity contribution in [3.63, 3.8) is 0 Å². The molecule has 1 N–H and O–H groups in total. The van der Waals surface area contributed by atoms with Crippen molar-refractivity contribution in [1.82, 2.24) is 14.8 Å². The molecule has 7 heteroatoms. The van der Waals surface area contributed by atoms with Crippen LogP contribution in [0.3, 0.4) is 0 Å². The van der Waals surface area contributed by atoms with Crippen LogP contribution in [0.2, 0.25) is 5.02 Å². The summed E-state index contributed by atoms with van der Waals surface area (Å²) in [6.07, 6.45) is 2.94. The Morgan fingerprint density at radius 2 is 1.92 bits per heavy atom. The predicted molar refractivity (Wildman–Crippen MR) is 87.0 cm³/mol. The van der Waals surface area contributed by atoms with Crippen molar-refractivity contribution in [2.75, 3.05) is 0 Å². The number of nitrogens with zero attached hydrogens (tertiary/aromatic N) is 3. The average Bonchev–Trinajstić information content (AvgIpc) is 3.08. The van der Waals surface area contributed by atoms with Crippen LogP contribution in [0.15, 0.2) is 55.1 Å². The van der Waals surface area contributed by atoms with Crippen molar-refractivity contribution in [2.24, 2.45) is 0 Å². The summed E-state index contributed by atoms with van der Waals surface area (Å²) in [6.45, 7) is 0. The molecule has 3 rings (SSSR count). The molecule has 1 unspecified atom stereocenters. The largest absolute Gasteiger partial charge is 0.382 e. The number of halogens is 3. The molecule has 4 nitrogen and oxygen atoms in total. The van der Waals surface area contributed by atoms with Gasteiger partial charge < -0.3 is 5.11 Å². The van der Waals surface area contributed by atoms with Crippen molar-refractivity contribution in [2.45, 2.75) is 6.10 Å². The minimum atomic E-state index is -1.36. The highest BCUT2D eigenvalue weighted by molar-refractivity contribution is 6.30. The van der Waals surface area contributed by atoms with Crippen LogP contribution in [0.1, 0.15) is 17.2 Å². The number of hydrogen-bond donors (Lipinski definition) is 1. The van der Waals surface area contributed by atoms with Crippen molar-refractivity contribution in [3.8, 4) is 0 Å². The zero-order valence-electron chi connectivity index (χ0n) is 12.3. The molecule has 0 aliphatic carbocycles. The van der Waals surface area contributed by atoms with Crippen LogP contribution < -0.4 is 0 Å². The third kappa shape index (κ3) is 3.50. The summed E-state index contributed by atoms with van der Waals surface area (Å²) in [5.74, 6) is -1.56. The summed E-state index contributed by atoms with van der Waals surface area (Å²) in [5.41, 5.74) is 0.930. The second-order valence-electron chi connectivity index (χ2n) is 5.03. The molecule has 0 aliphatic rings. The summed E-state index contributed by atoms with van der Waals surface area (Å²) in [7, 11) is 0. The number of aliphatic hydroxyl groups excluding tert-OH is 1. The zero-order valence-corrected chi connectivity index (χ0v) is 13.0. The summed E-state index contributed by atoms with van der Waals surface area (Å²) >= 11 is 5.86. The van der Waals surface area contributed by atoms with Crippen LogP contribution in [0.25, 0.3) is 11.8 Å². The molecule has 0 saturated heterocycles. The monoisotopic (exact) mass is 347 g/mol. The Labute approximate surface area is 141 Å². The van der Waals surface area contributed by atoms with E-state index in [2.05, 4.69) is 10.1 Å². The lowest BCUT2D eigenvalue weighted by atomic mass is 10.0. The highest BCUT2D eigenvalue weighted by atomic mass is 35.5. The van der Waals surface area contributed by atoms with Crippen LogP contribution >= 0.6 is 11.6 Å². The Balaban J connectivity index is 2.06. The standard InChI is InChI=1S/C17H12ClF2N3O/c18-12-3-1-11(2-4-12)7-16(23-10-21-9-22-23)17(24)14-6-5-13(19)8-15(14)20/h1-10,17,24H/b16-7+. The maximum absolute atomic E-state index is 14.0. The van der Waals surface area contributed by atoms with Gasteiger partial charge in [-0.15, -0.1) is 0 Å². The van der Waals surface area contributed by atoms with E-state index in [1.54, 1.807) is 30.3 Å². The van der Waals surface area contributed by atoms with E-state index in [0.29, 0.717) is 5.02 Å². The molecule has 0 amide bonds. The molecule has 24 heavy (non-hydrogen) atoms. The van der Waals surface area contributed by atoms with Gasteiger partial charge in [-0.05, 0) is 29.8 Å². The Bertz CT molecular complexity index is 864. The molecule has 0 radical (unpaired) electrons. The number of aliphatic hydroxyl groups is 1. The fourth-order valence-electron chi connectivity index (χ4n) is 2.22. The third-order valence-electron chi connectivity index (χ3n) is 3.41. The highest BCUT2D eigenvalue weighted by Gasteiger charge is 2.20. The van der Waals surface area contributed by atoms with E-state index < -0.39 is 17.7 Å². The second-order valence-corrected chi connectivity index (χ2v) is 5.47. The number of benzene rings is 2. The zero-order chi connectivity index (χ0) is 17.1. The lowest BCUT2D eigenvalue weighted by Crippen LogP contribution is -2.10. The van der Waals surface area contributed by atoms with Crippen LogP contribution in [-0.2, 0) is 0 Å². The minimum Gasteiger partial charge on any atom is -0.382 e. The van der Waals surface area contributed by atoms with Gasteiger partial charge >= 0.3 is 0 Å². The Morgan fingerprint density at radius 1 is 1.17 bits per heavy atom. The molecule has 0 spiro atoms. The summed E-state index contributed by atoms with van der Waals surface area (Å²) < 4.78 is 28.4. The molecule has 0 fully saturated rings. The first kappa shape index (κ1) is 16.3. The smallest absolute Gasteiger partial charge is 0.138 e. The van der Waals surface area contributed by atoms with Crippen LogP contribution in [0.5, 0.6) is 0 Å². The molecule has 0 aliphatic heterocycles. The van der Waals surface area contributed by atoms with E-state index in [1.165, 1.54) is 23.4 Å². The molecular weight excluding hydrogens is 336 g/mol. The lowest BCUT2D eigenvalue weighted by molar-refractivity contribution is 0.225. The van der Waals surface area contributed by atoms with Gasteiger partial charge in [0, 0.05) is 16.7 Å². The fourth-order valence-corrected chi connectivity index (χ4v) is 2.35. The molecule has 122 valence electrons. The van der Waals surface area contributed by atoms with Crippen molar-refractivity contribution >= 4 is 23.4 Å². The third-order valence-corrected chi connectivity index (χ3v) is 3.66. The van der Waals surface area contributed by atoms with Crippen molar-refractivity contribution in [3.05, 3.63) is 82.9 Å². The fraction of sp³-hybridized carbons (Fsp3) is 0.0588. The Morgan fingerprint density at radius 3 is 2.54 bits per heavy atom. The van der Waals surface area contributed by atoms with Crippen molar-refractivity contribution < 1.29 is 13.9 Å². The van der Waals surface area contributed by atoms with Crippen LogP contribution in [-0.4, -0.2) is 19.9 Å². The van der Waals surface area contributed by atoms with E-state index in [1.807, 2.05) is 0 Å². The molecular formula is C17H12ClF2N3O. The SMILES string of the molecule is OC(/C(=C\c1ccc(Cl)cc1)n1cncn1)c1ccc(F)cc1F. The molecule has 1 heterocycles. The Kier molecular flexibility index (Phi) is 4.69. The van der Waals surface area contributed by atoms with Crippen molar-refractivity contribution in [1.29, 1.82) is 0 Å². The van der Waals surface area contributed by atoms with Gasteiger partial charge in [0.25, 0.3) is 0 Å². The molecule has 1 aromatic heterocycles.